The number of benzene rings is 1. The molecule has 24 heavy (non-hydrogen) atoms. The summed E-state index contributed by atoms with van der Waals surface area (Å²) in [6.07, 6.45) is 0. The fourth-order valence-electron chi connectivity index (χ4n) is 1.88. The van der Waals surface area contributed by atoms with Crippen molar-refractivity contribution in [1.29, 1.82) is 0 Å². The van der Waals surface area contributed by atoms with Crippen LogP contribution >= 0.6 is 27.3 Å². The lowest BCUT2D eigenvalue weighted by Gasteiger charge is -2.07. The number of nitrogens with zero attached hydrogens (tertiary/aromatic N) is 2. The van der Waals surface area contributed by atoms with Crippen LogP contribution in [-0.4, -0.2) is 22.8 Å². The molecular weight excluding hydrogens is 396 g/mol. The van der Waals surface area contributed by atoms with Crippen LogP contribution in [0, 0.1) is 6.92 Å². The van der Waals surface area contributed by atoms with E-state index >= 15 is 0 Å². The molecule has 0 N–H and O–H groups in total. The molecule has 6 nitrogen and oxygen atoms in total. The van der Waals surface area contributed by atoms with Crippen molar-refractivity contribution in [3.8, 4) is 16.5 Å². The summed E-state index contributed by atoms with van der Waals surface area (Å²) in [6.45, 7) is 1.64. The molecule has 0 aliphatic rings. The van der Waals surface area contributed by atoms with Crippen molar-refractivity contribution in [2.75, 3.05) is 6.61 Å². The minimum absolute atomic E-state index is 0.0878. The molecule has 0 radical (unpaired) electrons. The fraction of sp³-hybridized carbons (Fsp3) is 0.188. The second-order valence-corrected chi connectivity index (χ2v) is 7.28. The van der Waals surface area contributed by atoms with E-state index in [1.54, 1.807) is 6.07 Å². The van der Waals surface area contributed by atoms with E-state index < -0.39 is 5.97 Å². The first kappa shape index (κ1) is 16.7. The molecule has 8 heteroatoms. The van der Waals surface area contributed by atoms with Gasteiger partial charge in [-0.25, -0.2) is 4.79 Å². The Kier molecular flexibility index (Phi) is 5.27. The molecule has 124 valence electrons. The van der Waals surface area contributed by atoms with Crippen LogP contribution in [0.25, 0.3) is 10.8 Å². The number of para-hydroxylation sites is 1. The van der Waals surface area contributed by atoms with Gasteiger partial charge in [0.2, 0.25) is 0 Å². The van der Waals surface area contributed by atoms with E-state index in [9.17, 15) is 4.79 Å². The molecule has 0 atom stereocenters. The molecule has 0 aliphatic heterocycles. The number of esters is 1. The summed E-state index contributed by atoms with van der Waals surface area (Å²) in [5, 5.41) is 7.80. The van der Waals surface area contributed by atoms with Crippen LogP contribution in [0.5, 0.6) is 5.75 Å². The minimum atomic E-state index is -0.503. The minimum Gasteiger partial charge on any atom is -0.482 e. The van der Waals surface area contributed by atoms with Gasteiger partial charge in [0.25, 0.3) is 11.8 Å². The molecule has 0 unspecified atom stereocenters. The number of aromatic nitrogens is 2. The zero-order chi connectivity index (χ0) is 16.9. The quantitative estimate of drug-likeness (QED) is 0.574. The van der Waals surface area contributed by atoms with E-state index in [0.717, 1.165) is 14.2 Å². The van der Waals surface area contributed by atoms with Gasteiger partial charge in [-0.2, -0.15) is 0 Å². The Balaban J connectivity index is 1.50. The van der Waals surface area contributed by atoms with Crippen LogP contribution in [0.15, 0.2) is 44.6 Å². The zero-order valence-corrected chi connectivity index (χ0v) is 15.1. The first-order valence-corrected chi connectivity index (χ1v) is 8.65. The molecule has 0 bridgehead atoms. The van der Waals surface area contributed by atoms with Gasteiger partial charge in [0.15, 0.2) is 13.2 Å². The predicted octanol–water partition coefficient (Wildman–Crippen LogP) is 3.99. The van der Waals surface area contributed by atoms with E-state index in [0.29, 0.717) is 11.6 Å². The molecule has 3 aromatic rings. The molecule has 2 heterocycles. The molecule has 0 aliphatic carbocycles. The van der Waals surface area contributed by atoms with Crippen LogP contribution in [0.4, 0.5) is 0 Å². The number of ether oxygens (including phenoxy) is 2. The van der Waals surface area contributed by atoms with Gasteiger partial charge < -0.3 is 13.9 Å². The molecule has 2 aromatic heterocycles. The number of carbonyl (C=O) groups is 1. The third-order valence-corrected chi connectivity index (χ3v) is 4.66. The molecule has 1 aromatic carbocycles. The predicted molar refractivity (Wildman–Crippen MR) is 91.8 cm³/mol. The van der Waals surface area contributed by atoms with Gasteiger partial charge in [-0.3, -0.25) is 0 Å². The van der Waals surface area contributed by atoms with Crippen LogP contribution in [0.1, 0.15) is 11.5 Å². The lowest BCUT2D eigenvalue weighted by Crippen LogP contribution is -2.15. The maximum Gasteiger partial charge on any atom is 0.344 e. The second-order valence-electron chi connectivity index (χ2n) is 4.82. The number of rotatable bonds is 6. The van der Waals surface area contributed by atoms with E-state index in [1.165, 1.54) is 11.3 Å². The van der Waals surface area contributed by atoms with Gasteiger partial charge in [-0.05, 0) is 46.6 Å². The Morgan fingerprint density at radius 1 is 1.25 bits per heavy atom. The number of carbonyl (C=O) groups excluding carboxylic acids is 1. The number of hydrogen-bond acceptors (Lipinski definition) is 7. The lowest BCUT2D eigenvalue weighted by molar-refractivity contribution is -0.148. The average molecular weight is 409 g/mol. The number of halogens is 1. The summed E-state index contributed by atoms with van der Waals surface area (Å²) >= 11 is 4.85. The molecule has 0 saturated carbocycles. The van der Waals surface area contributed by atoms with Crippen molar-refractivity contribution in [2.24, 2.45) is 0 Å². The molecule has 0 fully saturated rings. The summed E-state index contributed by atoms with van der Waals surface area (Å²) in [5.74, 6) is 0.779. The summed E-state index contributed by atoms with van der Waals surface area (Å²) < 4.78 is 16.9. The van der Waals surface area contributed by atoms with Crippen molar-refractivity contribution in [1.82, 2.24) is 10.2 Å². The smallest absolute Gasteiger partial charge is 0.344 e. The second kappa shape index (κ2) is 7.59. The summed E-state index contributed by atoms with van der Waals surface area (Å²) in [7, 11) is 0. The van der Waals surface area contributed by atoms with Crippen molar-refractivity contribution in [3.63, 3.8) is 0 Å². The largest absolute Gasteiger partial charge is 0.482 e. The van der Waals surface area contributed by atoms with Crippen molar-refractivity contribution >= 4 is 33.2 Å². The highest BCUT2D eigenvalue weighted by molar-refractivity contribution is 9.11. The van der Waals surface area contributed by atoms with E-state index in [1.807, 2.05) is 37.3 Å². The highest BCUT2D eigenvalue weighted by Crippen LogP contribution is 2.30. The van der Waals surface area contributed by atoms with Gasteiger partial charge in [0.1, 0.15) is 5.75 Å². The first-order valence-electron chi connectivity index (χ1n) is 7.04. The highest BCUT2D eigenvalue weighted by atomic mass is 79.9. The topological polar surface area (TPSA) is 74.5 Å². The van der Waals surface area contributed by atoms with Gasteiger partial charge in [0.05, 0.1) is 8.66 Å². The Morgan fingerprint density at radius 2 is 2.08 bits per heavy atom. The molecule has 0 saturated heterocycles. The Bertz CT molecular complexity index is 846. The summed E-state index contributed by atoms with van der Waals surface area (Å²) in [5.41, 5.74) is 0.953. The van der Waals surface area contributed by atoms with E-state index in [-0.39, 0.29) is 19.1 Å². The molecule has 3 rings (SSSR count). The highest BCUT2D eigenvalue weighted by Gasteiger charge is 2.13. The Labute approximate surface area is 150 Å². The third-order valence-electron chi connectivity index (χ3n) is 3.05. The van der Waals surface area contributed by atoms with Crippen molar-refractivity contribution < 1.29 is 18.7 Å². The van der Waals surface area contributed by atoms with E-state index in [4.69, 9.17) is 13.9 Å². The van der Waals surface area contributed by atoms with Crippen molar-refractivity contribution in [2.45, 2.75) is 13.5 Å². The third kappa shape index (κ3) is 4.21. The van der Waals surface area contributed by atoms with Gasteiger partial charge in [-0.1, -0.05) is 18.2 Å². The normalized spacial score (nSPS) is 10.6. The SMILES string of the molecule is Cc1ccccc1OCC(=O)OCc1nnc(-c2ccc(Br)s2)o1. The van der Waals surface area contributed by atoms with Crippen LogP contribution in [-0.2, 0) is 16.1 Å². The average Bonchev–Trinajstić information content (AvgIpc) is 3.21. The Hall–Kier alpha value is -2.19. The zero-order valence-electron chi connectivity index (χ0n) is 12.7. The van der Waals surface area contributed by atoms with Crippen molar-refractivity contribution in [3.05, 3.63) is 51.6 Å². The van der Waals surface area contributed by atoms with Gasteiger partial charge in [-0.15, -0.1) is 21.5 Å². The number of aryl methyl sites for hydroxylation is 1. The maximum atomic E-state index is 11.7. The molecule has 0 spiro atoms. The fourth-order valence-corrected chi connectivity index (χ4v) is 3.19. The van der Waals surface area contributed by atoms with Crippen LogP contribution in [0.2, 0.25) is 0 Å². The lowest BCUT2D eigenvalue weighted by atomic mass is 10.2. The first-order chi connectivity index (χ1) is 11.6. The van der Waals surface area contributed by atoms with Gasteiger partial charge >= 0.3 is 5.97 Å². The van der Waals surface area contributed by atoms with Gasteiger partial charge in [0, 0.05) is 0 Å². The summed E-state index contributed by atoms with van der Waals surface area (Å²) in [4.78, 5) is 12.6. The monoisotopic (exact) mass is 408 g/mol. The summed E-state index contributed by atoms with van der Waals surface area (Å²) in [6, 6.07) is 11.2. The number of thiophene rings is 1. The standard InChI is InChI=1S/C16H13BrN2O4S/c1-10-4-2-3-5-11(10)21-9-15(20)22-8-14-18-19-16(23-14)12-6-7-13(17)24-12/h2-7H,8-9H2,1H3. The van der Waals surface area contributed by atoms with Crippen LogP contribution < -0.4 is 4.74 Å². The van der Waals surface area contributed by atoms with Crippen LogP contribution in [0.3, 0.4) is 0 Å². The number of hydrogen-bond donors (Lipinski definition) is 0. The molecule has 0 amide bonds. The maximum absolute atomic E-state index is 11.7. The Morgan fingerprint density at radius 3 is 2.83 bits per heavy atom. The van der Waals surface area contributed by atoms with E-state index in [2.05, 4.69) is 26.1 Å². The molecular formula is C16H13BrN2O4S.